The van der Waals surface area contributed by atoms with E-state index in [0.717, 1.165) is 24.8 Å². The molecule has 1 aromatic carbocycles. The smallest absolute Gasteiger partial charge is 0.410 e. The lowest BCUT2D eigenvalue weighted by Crippen LogP contribution is -2.45. The summed E-state index contributed by atoms with van der Waals surface area (Å²) in [5.41, 5.74) is 0.959. The summed E-state index contributed by atoms with van der Waals surface area (Å²) in [4.78, 5) is 27.6. The SMILES string of the molecule is O=C(NCCc1cccs1)C1CCCN(C(=O)OCc2ccccc2)C1. The number of nitrogens with zero attached hydrogens (tertiary/aromatic N) is 1. The molecule has 138 valence electrons. The topological polar surface area (TPSA) is 58.6 Å². The Morgan fingerprint density at radius 3 is 2.81 bits per heavy atom. The van der Waals surface area contributed by atoms with Gasteiger partial charge in [0.25, 0.3) is 0 Å². The molecule has 5 nitrogen and oxygen atoms in total. The maximum Gasteiger partial charge on any atom is 0.410 e. The van der Waals surface area contributed by atoms with E-state index in [1.165, 1.54) is 4.88 Å². The lowest BCUT2D eigenvalue weighted by Gasteiger charge is -2.31. The van der Waals surface area contributed by atoms with Crippen LogP contribution in [0.5, 0.6) is 0 Å². The van der Waals surface area contributed by atoms with Crippen molar-refractivity contribution < 1.29 is 14.3 Å². The lowest BCUT2D eigenvalue weighted by molar-refractivity contribution is -0.126. The third kappa shape index (κ3) is 5.33. The van der Waals surface area contributed by atoms with Crippen LogP contribution in [0.3, 0.4) is 0 Å². The zero-order valence-corrected chi connectivity index (χ0v) is 15.5. The van der Waals surface area contributed by atoms with Crippen LogP contribution in [0.25, 0.3) is 0 Å². The molecule has 1 aromatic heterocycles. The number of carbonyl (C=O) groups is 2. The normalized spacial score (nSPS) is 16.9. The van der Waals surface area contributed by atoms with Gasteiger partial charge in [-0.15, -0.1) is 11.3 Å². The van der Waals surface area contributed by atoms with Gasteiger partial charge in [-0.05, 0) is 36.3 Å². The van der Waals surface area contributed by atoms with Crippen molar-refractivity contribution in [3.05, 3.63) is 58.3 Å². The van der Waals surface area contributed by atoms with Crippen LogP contribution in [0.4, 0.5) is 4.79 Å². The minimum Gasteiger partial charge on any atom is -0.445 e. The highest BCUT2D eigenvalue weighted by atomic mass is 32.1. The summed E-state index contributed by atoms with van der Waals surface area (Å²) in [6.07, 6.45) is 2.14. The Morgan fingerprint density at radius 1 is 1.19 bits per heavy atom. The molecule has 1 unspecified atom stereocenters. The molecule has 0 saturated carbocycles. The number of ether oxygens (including phenoxy) is 1. The standard InChI is InChI=1S/C20H24N2O3S/c23-19(21-11-10-18-9-5-13-26-18)17-8-4-12-22(14-17)20(24)25-15-16-6-2-1-3-7-16/h1-3,5-7,9,13,17H,4,8,10-12,14-15H2,(H,21,23). The average Bonchev–Trinajstić information content (AvgIpc) is 3.20. The van der Waals surface area contributed by atoms with Gasteiger partial charge >= 0.3 is 6.09 Å². The summed E-state index contributed by atoms with van der Waals surface area (Å²) in [6, 6.07) is 13.7. The summed E-state index contributed by atoms with van der Waals surface area (Å²) in [7, 11) is 0. The van der Waals surface area contributed by atoms with Gasteiger partial charge in [0.2, 0.25) is 5.91 Å². The van der Waals surface area contributed by atoms with E-state index in [9.17, 15) is 9.59 Å². The first-order valence-corrected chi connectivity index (χ1v) is 9.86. The number of benzene rings is 1. The number of thiophene rings is 1. The molecule has 26 heavy (non-hydrogen) atoms. The largest absolute Gasteiger partial charge is 0.445 e. The molecule has 0 aliphatic carbocycles. The van der Waals surface area contributed by atoms with Gasteiger partial charge in [0, 0.05) is 24.5 Å². The number of amides is 2. The van der Waals surface area contributed by atoms with Gasteiger partial charge in [0.15, 0.2) is 0 Å². The Morgan fingerprint density at radius 2 is 2.04 bits per heavy atom. The summed E-state index contributed by atoms with van der Waals surface area (Å²) in [5, 5.41) is 5.04. The minimum atomic E-state index is -0.343. The highest BCUT2D eigenvalue weighted by molar-refractivity contribution is 7.09. The Labute approximate surface area is 158 Å². The number of hydrogen-bond acceptors (Lipinski definition) is 4. The van der Waals surface area contributed by atoms with E-state index < -0.39 is 0 Å². The Balaban J connectivity index is 1.42. The van der Waals surface area contributed by atoms with Gasteiger partial charge in [-0.2, -0.15) is 0 Å². The van der Waals surface area contributed by atoms with E-state index in [1.807, 2.05) is 41.8 Å². The van der Waals surface area contributed by atoms with E-state index in [2.05, 4.69) is 11.4 Å². The molecule has 0 radical (unpaired) electrons. The molecule has 2 amide bonds. The summed E-state index contributed by atoms with van der Waals surface area (Å²) in [5.74, 6) is -0.126. The molecule has 1 aliphatic heterocycles. The molecular formula is C20H24N2O3S. The fraction of sp³-hybridized carbons (Fsp3) is 0.400. The molecule has 3 rings (SSSR count). The molecule has 1 atom stereocenters. The second-order valence-electron chi connectivity index (χ2n) is 6.45. The molecule has 1 aliphatic rings. The van der Waals surface area contributed by atoms with Gasteiger partial charge in [0.1, 0.15) is 6.61 Å². The summed E-state index contributed by atoms with van der Waals surface area (Å²) < 4.78 is 5.38. The van der Waals surface area contributed by atoms with Crippen molar-refractivity contribution in [3.8, 4) is 0 Å². The first kappa shape index (κ1) is 18.5. The molecule has 0 bridgehead atoms. The third-order valence-corrected chi connectivity index (χ3v) is 5.44. The predicted octanol–water partition coefficient (Wildman–Crippen LogP) is 3.46. The fourth-order valence-electron chi connectivity index (χ4n) is 3.08. The summed E-state index contributed by atoms with van der Waals surface area (Å²) in [6.45, 7) is 1.97. The number of carbonyl (C=O) groups excluding carboxylic acids is 2. The van der Waals surface area contributed by atoms with Gasteiger partial charge < -0.3 is 15.0 Å². The van der Waals surface area contributed by atoms with Crippen molar-refractivity contribution in [2.75, 3.05) is 19.6 Å². The molecule has 1 N–H and O–H groups in total. The number of likely N-dealkylation sites (tertiary alicyclic amines) is 1. The fourth-order valence-corrected chi connectivity index (χ4v) is 3.78. The molecule has 6 heteroatoms. The van der Waals surface area contributed by atoms with Crippen molar-refractivity contribution in [3.63, 3.8) is 0 Å². The monoisotopic (exact) mass is 372 g/mol. The minimum absolute atomic E-state index is 0.0297. The number of rotatable bonds is 6. The quantitative estimate of drug-likeness (QED) is 0.845. The maximum atomic E-state index is 12.4. The molecular weight excluding hydrogens is 348 g/mol. The predicted molar refractivity (Wildman–Crippen MR) is 102 cm³/mol. The highest BCUT2D eigenvalue weighted by Crippen LogP contribution is 2.18. The highest BCUT2D eigenvalue weighted by Gasteiger charge is 2.29. The Hall–Kier alpha value is -2.34. The van der Waals surface area contributed by atoms with Crippen molar-refractivity contribution >= 4 is 23.3 Å². The van der Waals surface area contributed by atoms with E-state index in [-0.39, 0.29) is 24.5 Å². The van der Waals surface area contributed by atoms with Gasteiger partial charge in [-0.3, -0.25) is 4.79 Å². The van der Waals surface area contributed by atoms with Crippen LogP contribution in [-0.4, -0.2) is 36.5 Å². The maximum absolute atomic E-state index is 12.4. The van der Waals surface area contributed by atoms with Gasteiger partial charge in [0.05, 0.1) is 5.92 Å². The van der Waals surface area contributed by atoms with Crippen LogP contribution in [0.1, 0.15) is 23.3 Å². The van der Waals surface area contributed by atoms with Crippen molar-refractivity contribution in [1.29, 1.82) is 0 Å². The first-order valence-electron chi connectivity index (χ1n) is 8.98. The van der Waals surface area contributed by atoms with Crippen LogP contribution in [0.2, 0.25) is 0 Å². The second kappa shape index (κ2) is 9.38. The average molecular weight is 372 g/mol. The lowest BCUT2D eigenvalue weighted by atomic mass is 9.97. The van der Waals surface area contributed by atoms with Crippen LogP contribution in [0.15, 0.2) is 47.8 Å². The number of nitrogens with one attached hydrogen (secondary N) is 1. The number of piperidine rings is 1. The van der Waals surface area contributed by atoms with E-state index >= 15 is 0 Å². The van der Waals surface area contributed by atoms with Crippen molar-refractivity contribution in [2.45, 2.75) is 25.9 Å². The molecule has 1 saturated heterocycles. The molecule has 0 spiro atoms. The Bertz CT molecular complexity index is 703. The zero-order chi connectivity index (χ0) is 18.2. The zero-order valence-electron chi connectivity index (χ0n) is 14.7. The van der Waals surface area contributed by atoms with Crippen molar-refractivity contribution in [2.24, 2.45) is 5.92 Å². The van der Waals surface area contributed by atoms with Crippen LogP contribution in [0, 0.1) is 5.92 Å². The van der Waals surface area contributed by atoms with E-state index in [0.29, 0.717) is 19.6 Å². The van der Waals surface area contributed by atoms with E-state index in [1.54, 1.807) is 16.2 Å². The first-order chi connectivity index (χ1) is 12.7. The van der Waals surface area contributed by atoms with E-state index in [4.69, 9.17) is 4.74 Å². The van der Waals surface area contributed by atoms with Crippen molar-refractivity contribution in [1.82, 2.24) is 10.2 Å². The van der Waals surface area contributed by atoms with Gasteiger partial charge in [-0.1, -0.05) is 36.4 Å². The molecule has 2 heterocycles. The second-order valence-corrected chi connectivity index (χ2v) is 7.48. The molecule has 1 fully saturated rings. The molecule has 2 aromatic rings. The van der Waals surface area contributed by atoms with Gasteiger partial charge in [-0.25, -0.2) is 4.79 Å². The number of hydrogen-bond donors (Lipinski definition) is 1. The summed E-state index contributed by atoms with van der Waals surface area (Å²) >= 11 is 1.70. The third-order valence-electron chi connectivity index (χ3n) is 4.51. The van der Waals surface area contributed by atoms with Crippen LogP contribution < -0.4 is 5.32 Å². The Kier molecular flexibility index (Phi) is 6.66. The van der Waals surface area contributed by atoms with Crippen LogP contribution >= 0.6 is 11.3 Å². The van der Waals surface area contributed by atoms with Crippen LogP contribution in [-0.2, 0) is 22.6 Å².